The first-order valence-corrected chi connectivity index (χ1v) is 9.64. The largest absolute Gasteiger partial charge is 0.340 e. The number of carbonyl (C=O) groups is 1. The van der Waals surface area contributed by atoms with E-state index in [2.05, 4.69) is 53.4 Å². The Labute approximate surface area is 173 Å². The molecule has 2 aromatic carbocycles. The van der Waals surface area contributed by atoms with Gasteiger partial charge in [-0.15, -0.1) is 5.10 Å². The summed E-state index contributed by atoms with van der Waals surface area (Å²) in [4.78, 5) is 19.4. The number of hydroxylamine groups is 1. The van der Waals surface area contributed by atoms with E-state index in [1.165, 1.54) is 12.2 Å². The predicted molar refractivity (Wildman–Crippen MR) is 113 cm³/mol. The quantitative estimate of drug-likeness (QED) is 0.259. The van der Waals surface area contributed by atoms with Crippen LogP contribution in [-0.4, -0.2) is 36.1 Å². The molecule has 3 N–H and O–H groups in total. The van der Waals surface area contributed by atoms with Gasteiger partial charge in [-0.2, -0.15) is 0 Å². The van der Waals surface area contributed by atoms with Gasteiger partial charge in [0.1, 0.15) is 17.6 Å². The van der Waals surface area contributed by atoms with Crippen LogP contribution in [0, 0.1) is 5.92 Å². The fourth-order valence-electron chi connectivity index (χ4n) is 3.43. The van der Waals surface area contributed by atoms with Crippen LogP contribution in [0.15, 0.2) is 60.8 Å². The van der Waals surface area contributed by atoms with Gasteiger partial charge in [0.05, 0.1) is 17.2 Å². The molecule has 0 aliphatic carbocycles. The van der Waals surface area contributed by atoms with Crippen LogP contribution in [0.4, 0.5) is 0 Å². The number of carbonyl (C=O) groups excluding carboxylic acids is 1. The summed E-state index contributed by atoms with van der Waals surface area (Å²) in [6, 6.07) is 16.2. The molecule has 0 aliphatic heterocycles. The molecule has 0 fully saturated rings. The van der Waals surface area contributed by atoms with Crippen LogP contribution >= 0.6 is 0 Å². The van der Waals surface area contributed by atoms with Crippen molar-refractivity contribution in [2.24, 2.45) is 5.92 Å². The highest BCUT2D eigenvalue weighted by atomic mass is 16.5. The highest BCUT2D eigenvalue weighted by Gasteiger charge is 2.23. The minimum Gasteiger partial charge on any atom is -0.340 e. The number of amides is 1. The van der Waals surface area contributed by atoms with Gasteiger partial charge >= 0.3 is 0 Å². The molecule has 0 bridgehead atoms. The molecule has 0 spiro atoms. The molecule has 0 radical (unpaired) electrons. The number of fused-ring (bicyclic) bond motifs is 1. The second kappa shape index (κ2) is 8.30. The molecule has 0 saturated carbocycles. The normalized spacial score (nSPS) is 12.7. The van der Waals surface area contributed by atoms with E-state index in [1.54, 1.807) is 16.4 Å². The predicted octanol–water partition coefficient (Wildman–Crippen LogP) is 3.59. The van der Waals surface area contributed by atoms with E-state index in [1.807, 2.05) is 24.3 Å². The summed E-state index contributed by atoms with van der Waals surface area (Å²) in [5, 5.41) is 16.9. The molecule has 2 aromatic heterocycles. The molecule has 30 heavy (non-hydrogen) atoms. The average Bonchev–Trinajstić information content (AvgIpc) is 3.39. The Balaban J connectivity index is 1.67. The van der Waals surface area contributed by atoms with Crippen molar-refractivity contribution < 1.29 is 10.0 Å². The Kier molecular flexibility index (Phi) is 5.40. The molecule has 8 nitrogen and oxygen atoms in total. The number of aromatic amines is 1. The standard InChI is InChI=1S/C22H22N6O2/c1-14(2)21(28-13-17(25-27-28)9-11-20(29)26-30)22-23-18-10-8-16(12-19(18)24-22)15-6-4-3-5-7-15/h3-14,21,30H,1-2H3,(H,23,24)(H,26,29). The summed E-state index contributed by atoms with van der Waals surface area (Å²) in [5.41, 5.74) is 6.16. The fourth-order valence-corrected chi connectivity index (χ4v) is 3.43. The van der Waals surface area contributed by atoms with Crippen LogP contribution in [0.25, 0.3) is 28.2 Å². The van der Waals surface area contributed by atoms with Gasteiger partial charge in [-0.25, -0.2) is 15.1 Å². The maximum atomic E-state index is 11.2. The van der Waals surface area contributed by atoms with Crippen molar-refractivity contribution in [3.8, 4) is 11.1 Å². The van der Waals surface area contributed by atoms with Crippen molar-refractivity contribution in [3.05, 3.63) is 72.3 Å². The molecule has 0 saturated heterocycles. The Bertz CT molecular complexity index is 1190. The van der Waals surface area contributed by atoms with E-state index in [0.29, 0.717) is 5.69 Å². The minimum atomic E-state index is -0.628. The van der Waals surface area contributed by atoms with Crippen molar-refractivity contribution in [2.45, 2.75) is 19.9 Å². The highest BCUT2D eigenvalue weighted by Crippen LogP contribution is 2.28. The Morgan fingerprint density at radius 1 is 1.17 bits per heavy atom. The van der Waals surface area contributed by atoms with Gasteiger partial charge in [0.15, 0.2) is 0 Å². The van der Waals surface area contributed by atoms with Gasteiger partial charge in [-0.05, 0) is 35.3 Å². The molecule has 0 aliphatic rings. The lowest BCUT2D eigenvalue weighted by atomic mass is 10.0. The third-order valence-corrected chi connectivity index (χ3v) is 4.85. The molecular formula is C22H22N6O2. The number of hydrogen-bond acceptors (Lipinski definition) is 5. The maximum Gasteiger partial charge on any atom is 0.267 e. The van der Waals surface area contributed by atoms with Crippen molar-refractivity contribution in [3.63, 3.8) is 0 Å². The van der Waals surface area contributed by atoms with Crippen LogP contribution < -0.4 is 5.48 Å². The van der Waals surface area contributed by atoms with Gasteiger partial charge in [0.2, 0.25) is 0 Å². The first-order valence-electron chi connectivity index (χ1n) is 9.64. The number of aromatic nitrogens is 5. The van der Waals surface area contributed by atoms with Gasteiger partial charge in [-0.3, -0.25) is 10.0 Å². The molecule has 1 amide bonds. The summed E-state index contributed by atoms with van der Waals surface area (Å²) in [7, 11) is 0. The van der Waals surface area contributed by atoms with Gasteiger partial charge in [-0.1, -0.05) is 55.5 Å². The molecular weight excluding hydrogens is 380 g/mol. The van der Waals surface area contributed by atoms with E-state index >= 15 is 0 Å². The molecule has 8 heteroatoms. The van der Waals surface area contributed by atoms with Crippen LogP contribution in [0.3, 0.4) is 0 Å². The molecule has 1 unspecified atom stereocenters. The topological polar surface area (TPSA) is 109 Å². The van der Waals surface area contributed by atoms with Crippen molar-refractivity contribution in [2.75, 3.05) is 0 Å². The first kappa shape index (κ1) is 19.5. The third kappa shape index (κ3) is 3.99. The second-order valence-corrected chi connectivity index (χ2v) is 7.34. The smallest absolute Gasteiger partial charge is 0.267 e. The Hall–Kier alpha value is -3.78. The van der Waals surface area contributed by atoms with Crippen LogP contribution in [0.5, 0.6) is 0 Å². The zero-order valence-corrected chi connectivity index (χ0v) is 16.6. The number of rotatable bonds is 6. The monoisotopic (exact) mass is 402 g/mol. The summed E-state index contributed by atoms with van der Waals surface area (Å²) in [6.07, 6.45) is 4.41. The zero-order chi connectivity index (χ0) is 21.1. The summed E-state index contributed by atoms with van der Waals surface area (Å²) >= 11 is 0. The fraction of sp³-hybridized carbons (Fsp3) is 0.182. The van der Waals surface area contributed by atoms with E-state index in [4.69, 9.17) is 10.2 Å². The van der Waals surface area contributed by atoms with Crippen LogP contribution in [0.1, 0.15) is 31.4 Å². The first-order chi connectivity index (χ1) is 14.5. The Morgan fingerprint density at radius 2 is 1.97 bits per heavy atom. The van der Waals surface area contributed by atoms with Crippen LogP contribution in [-0.2, 0) is 4.79 Å². The summed E-state index contributed by atoms with van der Waals surface area (Å²) in [6.45, 7) is 4.17. The SMILES string of the molecule is CC(C)C(c1nc2ccc(-c3ccccc3)cc2[nH]1)n1cc(C=CC(=O)NO)nn1. The molecule has 4 aromatic rings. The second-order valence-electron chi connectivity index (χ2n) is 7.34. The number of hydrogen-bond donors (Lipinski definition) is 3. The van der Waals surface area contributed by atoms with Crippen molar-refractivity contribution >= 4 is 23.0 Å². The minimum absolute atomic E-state index is 0.154. The molecule has 4 rings (SSSR count). The average molecular weight is 402 g/mol. The molecule has 2 heterocycles. The van der Waals surface area contributed by atoms with E-state index < -0.39 is 5.91 Å². The van der Waals surface area contributed by atoms with E-state index in [9.17, 15) is 4.79 Å². The van der Waals surface area contributed by atoms with Gasteiger partial charge in [0, 0.05) is 6.08 Å². The summed E-state index contributed by atoms with van der Waals surface area (Å²) in [5.74, 6) is 0.355. The van der Waals surface area contributed by atoms with E-state index in [-0.39, 0.29) is 12.0 Å². The Morgan fingerprint density at radius 3 is 2.70 bits per heavy atom. The van der Waals surface area contributed by atoms with E-state index in [0.717, 1.165) is 28.0 Å². The van der Waals surface area contributed by atoms with Crippen LogP contribution in [0.2, 0.25) is 0 Å². The lowest BCUT2D eigenvalue weighted by Gasteiger charge is -2.18. The molecule has 152 valence electrons. The van der Waals surface area contributed by atoms with Gasteiger partial charge in [0.25, 0.3) is 5.91 Å². The van der Waals surface area contributed by atoms with Gasteiger partial charge < -0.3 is 4.98 Å². The third-order valence-electron chi connectivity index (χ3n) is 4.85. The number of imidazole rings is 1. The van der Waals surface area contributed by atoms with Crippen molar-refractivity contribution in [1.29, 1.82) is 0 Å². The summed E-state index contributed by atoms with van der Waals surface area (Å²) < 4.78 is 1.73. The lowest BCUT2D eigenvalue weighted by Crippen LogP contribution is -2.18. The molecule has 1 atom stereocenters. The maximum absolute atomic E-state index is 11.2. The number of nitrogens with zero attached hydrogens (tertiary/aromatic N) is 4. The number of nitrogens with one attached hydrogen (secondary N) is 2. The zero-order valence-electron chi connectivity index (χ0n) is 16.6. The van der Waals surface area contributed by atoms with Crippen molar-refractivity contribution in [1.82, 2.24) is 30.4 Å². The lowest BCUT2D eigenvalue weighted by molar-refractivity contribution is -0.124. The highest BCUT2D eigenvalue weighted by molar-refractivity contribution is 5.90. The number of benzene rings is 2. The number of H-pyrrole nitrogens is 1.